The van der Waals surface area contributed by atoms with E-state index in [1.165, 1.54) is 32.8 Å². The third-order valence-electron chi connectivity index (χ3n) is 4.84. The van der Waals surface area contributed by atoms with Crippen LogP contribution in [0.2, 0.25) is 0 Å². The summed E-state index contributed by atoms with van der Waals surface area (Å²) in [5.41, 5.74) is 6.52. The number of thioether (sulfide) groups is 1. The smallest absolute Gasteiger partial charge is 0.142 e. The largest absolute Gasteiger partial charge is 0.351 e. The number of hydrogen-bond acceptors (Lipinski definition) is 2. The molecule has 2 heteroatoms. The number of anilines is 1. The van der Waals surface area contributed by atoms with Gasteiger partial charge in [-0.1, -0.05) is 83.6 Å². The second kappa shape index (κ2) is 5.71. The van der Waals surface area contributed by atoms with E-state index in [0.717, 1.165) is 0 Å². The third kappa shape index (κ3) is 2.25. The van der Waals surface area contributed by atoms with Crippen LogP contribution in [-0.4, -0.2) is 7.05 Å². The second-order valence-corrected chi connectivity index (χ2v) is 7.74. The van der Waals surface area contributed by atoms with Gasteiger partial charge in [0.25, 0.3) is 0 Å². The molecular formula is C22H21NS. The van der Waals surface area contributed by atoms with Crippen LogP contribution in [0.25, 0.3) is 0 Å². The molecule has 24 heavy (non-hydrogen) atoms. The molecule has 0 N–H and O–H groups in total. The first-order valence-electron chi connectivity index (χ1n) is 8.27. The average Bonchev–Trinajstić information content (AvgIpc) is 2.90. The maximum Gasteiger partial charge on any atom is 0.142 e. The maximum atomic E-state index is 2.42. The quantitative estimate of drug-likeness (QED) is 0.588. The Bertz CT molecular complexity index is 820. The minimum atomic E-state index is -0.217. The molecule has 0 aromatic heterocycles. The molecule has 3 aromatic rings. The molecule has 1 aliphatic rings. The van der Waals surface area contributed by atoms with Crippen molar-refractivity contribution in [3.05, 3.63) is 95.1 Å². The van der Waals surface area contributed by atoms with Gasteiger partial charge in [-0.25, -0.2) is 0 Å². The minimum absolute atomic E-state index is 0.217. The monoisotopic (exact) mass is 331 g/mol. The lowest BCUT2D eigenvalue weighted by molar-refractivity contribution is 0.730. The normalized spacial score (nSPS) is 15.4. The van der Waals surface area contributed by atoms with Crippen molar-refractivity contribution in [2.45, 2.75) is 23.6 Å². The molecule has 0 aliphatic carbocycles. The van der Waals surface area contributed by atoms with Crippen LogP contribution < -0.4 is 4.90 Å². The third-order valence-corrected chi connectivity index (χ3v) is 6.45. The molecule has 0 fully saturated rings. The standard InChI is InChI=1S/C22H21NS/c1-16-8-12-18(13-9-16)22(19-14-10-17(2)11-15-19)23(3)20-6-4-5-7-21(20)24-22/h4-15H,1-3H3. The van der Waals surface area contributed by atoms with Crippen LogP contribution >= 0.6 is 11.8 Å². The summed E-state index contributed by atoms with van der Waals surface area (Å²) in [5, 5.41) is 0. The number of aryl methyl sites for hydroxylation is 2. The lowest BCUT2D eigenvalue weighted by atomic mass is 9.94. The number of para-hydroxylation sites is 1. The lowest BCUT2D eigenvalue weighted by Crippen LogP contribution is -2.39. The number of hydrogen-bond donors (Lipinski definition) is 0. The topological polar surface area (TPSA) is 3.24 Å². The van der Waals surface area contributed by atoms with E-state index in [4.69, 9.17) is 0 Å². The molecular weight excluding hydrogens is 310 g/mol. The maximum absolute atomic E-state index is 2.42. The zero-order valence-corrected chi connectivity index (χ0v) is 15.1. The zero-order valence-electron chi connectivity index (χ0n) is 14.3. The van der Waals surface area contributed by atoms with E-state index in [1.807, 2.05) is 11.8 Å². The van der Waals surface area contributed by atoms with E-state index in [0.29, 0.717) is 0 Å². The molecule has 0 radical (unpaired) electrons. The van der Waals surface area contributed by atoms with E-state index >= 15 is 0 Å². The average molecular weight is 331 g/mol. The summed E-state index contributed by atoms with van der Waals surface area (Å²) < 4.78 is 0. The molecule has 0 spiro atoms. The predicted octanol–water partition coefficient (Wildman–Crippen LogP) is 5.75. The minimum Gasteiger partial charge on any atom is -0.351 e. The van der Waals surface area contributed by atoms with Gasteiger partial charge < -0.3 is 4.90 Å². The van der Waals surface area contributed by atoms with Crippen molar-refractivity contribution in [2.24, 2.45) is 0 Å². The summed E-state index contributed by atoms with van der Waals surface area (Å²) in [7, 11) is 2.21. The van der Waals surface area contributed by atoms with Gasteiger partial charge in [0, 0.05) is 11.9 Å². The molecule has 0 unspecified atom stereocenters. The van der Waals surface area contributed by atoms with Crippen LogP contribution in [0.5, 0.6) is 0 Å². The number of benzene rings is 3. The van der Waals surface area contributed by atoms with Gasteiger partial charge in [-0.15, -0.1) is 0 Å². The Morgan fingerprint density at radius 1 is 0.708 bits per heavy atom. The lowest BCUT2D eigenvalue weighted by Gasteiger charge is -2.38. The Kier molecular flexibility index (Phi) is 3.65. The molecule has 1 aliphatic heterocycles. The van der Waals surface area contributed by atoms with Crippen molar-refractivity contribution in [3.8, 4) is 0 Å². The first kappa shape index (κ1) is 15.3. The molecule has 4 rings (SSSR count). The van der Waals surface area contributed by atoms with Crippen LogP contribution in [0.1, 0.15) is 22.3 Å². The Labute approximate surface area is 148 Å². The highest BCUT2D eigenvalue weighted by molar-refractivity contribution is 8.01. The molecule has 0 atom stereocenters. The number of fused-ring (bicyclic) bond motifs is 1. The summed E-state index contributed by atoms with van der Waals surface area (Å²) >= 11 is 1.94. The fraction of sp³-hybridized carbons (Fsp3) is 0.182. The van der Waals surface area contributed by atoms with Crippen molar-refractivity contribution < 1.29 is 0 Å². The van der Waals surface area contributed by atoms with Crippen molar-refractivity contribution in [2.75, 3.05) is 11.9 Å². The molecule has 0 amide bonds. The van der Waals surface area contributed by atoms with Gasteiger partial charge in [0.15, 0.2) is 0 Å². The van der Waals surface area contributed by atoms with Gasteiger partial charge in [0.05, 0.1) is 5.69 Å². The predicted molar refractivity (Wildman–Crippen MR) is 104 cm³/mol. The summed E-state index contributed by atoms with van der Waals surface area (Å²) in [5.74, 6) is 0. The highest BCUT2D eigenvalue weighted by Gasteiger charge is 2.45. The number of rotatable bonds is 2. The summed E-state index contributed by atoms with van der Waals surface area (Å²) in [6.45, 7) is 4.28. The van der Waals surface area contributed by atoms with Crippen LogP contribution in [0.3, 0.4) is 0 Å². The SMILES string of the molecule is Cc1ccc(C2(c3ccc(C)cc3)Sc3ccccc3N2C)cc1. The fourth-order valence-corrected chi connectivity index (χ4v) is 4.97. The molecule has 0 saturated heterocycles. The van der Waals surface area contributed by atoms with E-state index in [9.17, 15) is 0 Å². The van der Waals surface area contributed by atoms with E-state index < -0.39 is 0 Å². The fourth-order valence-electron chi connectivity index (χ4n) is 3.45. The molecule has 1 heterocycles. The van der Waals surface area contributed by atoms with Gasteiger partial charge in [-0.3, -0.25) is 0 Å². The summed E-state index contributed by atoms with van der Waals surface area (Å²) in [6.07, 6.45) is 0. The molecule has 1 nitrogen and oxygen atoms in total. The van der Waals surface area contributed by atoms with Crippen LogP contribution in [0.15, 0.2) is 77.7 Å². The van der Waals surface area contributed by atoms with E-state index in [-0.39, 0.29) is 4.87 Å². The van der Waals surface area contributed by atoms with Crippen molar-refractivity contribution >= 4 is 17.4 Å². The van der Waals surface area contributed by atoms with Crippen molar-refractivity contribution in [1.82, 2.24) is 0 Å². The van der Waals surface area contributed by atoms with E-state index in [1.54, 1.807) is 0 Å². The molecule has 0 bridgehead atoms. The van der Waals surface area contributed by atoms with Gasteiger partial charge in [0.2, 0.25) is 0 Å². The number of nitrogens with zero attached hydrogens (tertiary/aromatic N) is 1. The second-order valence-electron chi connectivity index (χ2n) is 6.50. The Morgan fingerprint density at radius 2 is 1.21 bits per heavy atom. The van der Waals surface area contributed by atoms with Gasteiger partial charge in [-0.2, -0.15) is 0 Å². The van der Waals surface area contributed by atoms with E-state index in [2.05, 4.69) is 98.6 Å². The molecule has 0 saturated carbocycles. The molecule has 120 valence electrons. The van der Waals surface area contributed by atoms with Crippen LogP contribution in [-0.2, 0) is 4.87 Å². The zero-order chi connectivity index (χ0) is 16.7. The summed E-state index contributed by atoms with van der Waals surface area (Å²) in [4.78, 5) is 3.54. The van der Waals surface area contributed by atoms with Gasteiger partial charge in [-0.05, 0) is 37.1 Å². The highest BCUT2D eigenvalue weighted by Crippen LogP contribution is 2.58. The Morgan fingerprint density at radius 3 is 1.71 bits per heavy atom. The van der Waals surface area contributed by atoms with Gasteiger partial charge >= 0.3 is 0 Å². The summed E-state index contributed by atoms with van der Waals surface area (Å²) in [6, 6.07) is 26.6. The van der Waals surface area contributed by atoms with Crippen LogP contribution in [0.4, 0.5) is 5.69 Å². The highest BCUT2D eigenvalue weighted by atomic mass is 32.2. The van der Waals surface area contributed by atoms with Crippen LogP contribution in [0, 0.1) is 13.8 Å². The molecule has 3 aromatic carbocycles. The first-order valence-corrected chi connectivity index (χ1v) is 9.09. The Hall–Kier alpha value is -2.19. The first-order chi connectivity index (χ1) is 11.6. The van der Waals surface area contributed by atoms with Crippen molar-refractivity contribution in [3.63, 3.8) is 0 Å². The van der Waals surface area contributed by atoms with Gasteiger partial charge in [0.1, 0.15) is 4.87 Å². The van der Waals surface area contributed by atoms with Crippen molar-refractivity contribution in [1.29, 1.82) is 0 Å². The Balaban J connectivity index is 1.95.